The third-order valence-corrected chi connectivity index (χ3v) is 4.29. The lowest BCUT2D eigenvalue weighted by molar-refractivity contribution is -0.145. The molecule has 5 atom stereocenters. The molecule has 2 aliphatic carbocycles. The summed E-state index contributed by atoms with van der Waals surface area (Å²) in [5.74, 6) is -1.14. The van der Waals surface area contributed by atoms with Crippen molar-refractivity contribution in [2.45, 2.75) is 25.9 Å². The molecule has 98 valence electrons. The Labute approximate surface area is 104 Å². The lowest BCUT2D eigenvalue weighted by Gasteiger charge is -2.22. The van der Waals surface area contributed by atoms with Crippen molar-refractivity contribution in [3.8, 4) is 0 Å². The zero-order valence-corrected chi connectivity index (χ0v) is 10.0. The molecule has 6 nitrogen and oxygen atoms in total. The summed E-state index contributed by atoms with van der Waals surface area (Å²) >= 11 is 0. The van der Waals surface area contributed by atoms with Crippen LogP contribution in [0.2, 0.25) is 0 Å². The van der Waals surface area contributed by atoms with E-state index < -0.39 is 17.9 Å². The second-order valence-electron chi connectivity index (χ2n) is 5.13. The molecule has 0 radical (unpaired) electrons. The van der Waals surface area contributed by atoms with E-state index in [0.717, 1.165) is 12.8 Å². The highest BCUT2D eigenvalue weighted by molar-refractivity contribution is 5.96. The van der Waals surface area contributed by atoms with Crippen molar-refractivity contribution in [1.82, 2.24) is 5.32 Å². The van der Waals surface area contributed by atoms with Crippen molar-refractivity contribution in [1.29, 1.82) is 0 Å². The summed E-state index contributed by atoms with van der Waals surface area (Å²) in [5, 5.41) is 2.20. The van der Waals surface area contributed by atoms with Crippen LogP contribution >= 0.6 is 0 Å². The summed E-state index contributed by atoms with van der Waals surface area (Å²) in [7, 11) is 0. The second-order valence-corrected chi connectivity index (χ2v) is 5.13. The predicted molar refractivity (Wildman–Crippen MR) is 58.2 cm³/mol. The first kappa shape index (κ1) is 11.5. The fourth-order valence-corrected chi connectivity index (χ4v) is 3.71. The number of hydrogen-bond acceptors (Lipinski definition) is 5. The molecule has 5 unspecified atom stereocenters. The van der Waals surface area contributed by atoms with Crippen LogP contribution in [0.4, 0.5) is 4.79 Å². The monoisotopic (exact) mass is 253 g/mol. The predicted octanol–water partition coefficient (Wildman–Crippen LogP) is 0.457. The van der Waals surface area contributed by atoms with Crippen LogP contribution in [0.15, 0.2) is 0 Å². The number of ether oxygens (including phenoxy) is 2. The van der Waals surface area contributed by atoms with E-state index in [2.05, 4.69) is 10.1 Å². The van der Waals surface area contributed by atoms with Gasteiger partial charge < -0.3 is 9.47 Å². The Morgan fingerprint density at radius 2 is 2.22 bits per heavy atom. The highest BCUT2D eigenvalue weighted by Gasteiger charge is 2.64. The van der Waals surface area contributed by atoms with E-state index in [1.54, 1.807) is 6.92 Å². The molecule has 0 aromatic rings. The Morgan fingerprint density at radius 1 is 1.44 bits per heavy atom. The molecule has 1 heterocycles. The zero-order chi connectivity index (χ0) is 12.9. The van der Waals surface area contributed by atoms with Gasteiger partial charge in [0.1, 0.15) is 6.10 Å². The van der Waals surface area contributed by atoms with E-state index in [1.165, 1.54) is 0 Å². The molecule has 3 rings (SSSR count). The van der Waals surface area contributed by atoms with Gasteiger partial charge >= 0.3 is 12.1 Å². The van der Waals surface area contributed by atoms with Crippen molar-refractivity contribution in [2.24, 2.45) is 23.7 Å². The molecule has 6 heteroatoms. The summed E-state index contributed by atoms with van der Waals surface area (Å²) in [6.45, 7) is 1.88. The molecule has 18 heavy (non-hydrogen) atoms. The van der Waals surface area contributed by atoms with Gasteiger partial charge in [-0.05, 0) is 25.7 Å². The normalized spacial score (nSPS) is 39.6. The van der Waals surface area contributed by atoms with Crippen LogP contribution in [0.5, 0.6) is 0 Å². The highest BCUT2D eigenvalue weighted by Crippen LogP contribution is 2.57. The smallest absolute Gasteiger partial charge is 0.413 e. The standard InChI is InChI=1S/C12H15NO5/c1-2-17-12(16)13-10(14)8-5-3-6-7(4-5)18-11(15)9(6)8/h5-9H,2-4H2,1H3,(H,13,14,16). The fourth-order valence-electron chi connectivity index (χ4n) is 3.71. The van der Waals surface area contributed by atoms with Gasteiger partial charge in [0.15, 0.2) is 0 Å². The minimum absolute atomic E-state index is 0.000793. The number of alkyl carbamates (subject to hydrolysis) is 1. The molecular formula is C12H15NO5. The highest BCUT2D eigenvalue weighted by atomic mass is 16.6. The van der Waals surface area contributed by atoms with Crippen molar-refractivity contribution in [3.05, 3.63) is 0 Å². The maximum atomic E-state index is 12.0. The average Bonchev–Trinajstić information content (AvgIpc) is 2.88. The Balaban J connectivity index is 1.71. The SMILES string of the molecule is CCOC(=O)NC(=O)C1C2CC3OC(=O)C1C3C2. The van der Waals surface area contributed by atoms with Gasteiger partial charge in [-0.25, -0.2) is 4.79 Å². The van der Waals surface area contributed by atoms with Gasteiger partial charge in [-0.1, -0.05) is 0 Å². The molecule has 1 aliphatic heterocycles. The van der Waals surface area contributed by atoms with E-state index in [0.29, 0.717) is 0 Å². The van der Waals surface area contributed by atoms with Gasteiger partial charge in [-0.15, -0.1) is 0 Å². The quantitative estimate of drug-likeness (QED) is 0.723. The first-order valence-electron chi connectivity index (χ1n) is 6.30. The largest absolute Gasteiger partial charge is 0.462 e. The van der Waals surface area contributed by atoms with Gasteiger partial charge in [0.05, 0.1) is 18.4 Å². The molecule has 2 saturated carbocycles. The van der Waals surface area contributed by atoms with Gasteiger partial charge in [0.2, 0.25) is 5.91 Å². The number of imide groups is 1. The molecule has 3 aliphatic rings. The first-order valence-corrected chi connectivity index (χ1v) is 6.30. The maximum Gasteiger partial charge on any atom is 0.413 e. The van der Waals surface area contributed by atoms with Crippen LogP contribution in [0.25, 0.3) is 0 Å². The molecule has 3 fully saturated rings. The summed E-state index contributed by atoms with van der Waals surface area (Å²) in [6, 6.07) is 0. The Hall–Kier alpha value is -1.59. The van der Waals surface area contributed by atoms with Gasteiger partial charge in [-0.3, -0.25) is 14.9 Å². The molecular weight excluding hydrogens is 238 g/mol. The number of amides is 2. The van der Waals surface area contributed by atoms with Crippen LogP contribution in [0.3, 0.4) is 0 Å². The van der Waals surface area contributed by atoms with Crippen molar-refractivity contribution in [3.63, 3.8) is 0 Å². The van der Waals surface area contributed by atoms with Gasteiger partial charge in [0.25, 0.3) is 0 Å². The Morgan fingerprint density at radius 3 is 2.94 bits per heavy atom. The minimum atomic E-state index is -0.742. The third kappa shape index (κ3) is 1.51. The Kier molecular flexibility index (Phi) is 2.53. The van der Waals surface area contributed by atoms with Gasteiger partial charge in [-0.2, -0.15) is 0 Å². The van der Waals surface area contributed by atoms with Crippen LogP contribution in [-0.2, 0) is 19.1 Å². The first-order chi connectivity index (χ1) is 8.61. The third-order valence-electron chi connectivity index (χ3n) is 4.29. The molecule has 0 aromatic heterocycles. The van der Waals surface area contributed by atoms with Crippen molar-refractivity contribution in [2.75, 3.05) is 6.61 Å². The lowest BCUT2D eigenvalue weighted by atomic mass is 9.79. The topological polar surface area (TPSA) is 81.7 Å². The van der Waals surface area contributed by atoms with Crippen molar-refractivity contribution >= 4 is 18.0 Å². The van der Waals surface area contributed by atoms with E-state index in [4.69, 9.17) is 4.74 Å². The zero-order valence-electron chi connectivity index (χ0n) is 10.0. The minimum Gasteiger partial charge on any atom is -0.462 e. The second kappa shape index (κ2) is 3.96. The maximum absolute atomic E-state index is 12.0. The number of esters is 1. The average molecular weight is 253 g/mol. The van der Waals surface area contributed by atoms with Crippen molar-refractivity contribution < 1.29 is 23.9 Å². The summed E-state index contributed by atoms with van der Waals surface area (Å²) in [5.41, 5.74) is 0. The molecule has 1 N–H and O–H groups in total. The number of carbonyl (C=O) groups excluding carboxylic acids is 3. The summed E-state index contributed by atoms with van der Waals surface area (Å²) in [4.78, 5) is 35.0. The van der Waals surface area contributed by atoms with Gasteiger partial charge in [0, 0.05) is 5.92 Å². The number of nitrogens with one attached hydrogen (secondary N) is 1. The molecule has 0 spiro atoms. The molecule has 2 bridgehead atoms. The lowest BCUT2D eigenvalue weighted by Crippen LogP contribution is -2.42. The Bertz CT molecular complexity index is 419. The van der Waals surface area contributed by atoms with Crippen LogP contribution in [0, 0.1) is 23.7 Å². The summed E-state index contributed by atoms with van der Waals surface area (Å²) < 4.78 is 9.91. The number of fused-ring (bicyclic) bond motifs is 1. The van der Waals surface area contributed by atoms with E-state index in [1.807, 2.05) is 0 Å². The van der Waals surface area contributed by atoms with Crippen LogP contribution in [-0.4, -0.2) is 30.7 Å². The van der Waals surface area contributed by atoms with E-state index in [-0.39, 0.29) is 36.4 Å². The molecule has 1 saturated heterocycles. The van der Waals surface area contributed by atoms with Crippen LogP contribution in [0.1, 0.15) is 19.8 Å². The van der Waals surface area contributed by atoms with E-state index in [9.17, 15) is 14.4 Å². The van der Waals surface area contributed by atoms with E-state index >= 15 is 0 Å². The summed E-state index contributed by atoms with van der Waals surface area (Å²) in [6.07, 6.45) is 0.850. The molecule has 2 amide bonds. The number of hydrogen-bond donors (Lipinski definition) is 1. The number of carbonyl (C=O) groups is 3. The molecule has 0 aromatic carbocycles. The van der Waals surface area contributed by atoms with Crippen LogP contribution < -0.4 is 5.32 Å². The fraction of sp³-hybridized carbons (Fsp3) is 0.750. The number of rotatable bonds is 2.